The lowest BCUT2D eigenvalue weighted by molar-refractivity contribution is 0.381. The second kappa shape index (κ2) is 7.50. The van der Waals surface area contributed by atoms with E-state index in [1.165, 1.54) is 34.4 Å². The molecule has 1 aliphatic rings. The monoisotopic (exact) mass is 362 g/mol. The summed E-state index contributed by atoms with van der Waals surface area (Å²) in [4.78, 5) is 7.30. The molecule has 27 heavy (non-hydrogen) atoms. The Labute approximate surface area is 165 Å². The predicted molar refractivity (Wildman–Crippen MR) is 119 cm³/mol. The summed E-state index contributed by atoms with van der Waals surface area (Å²) in [5.41, 5.74) is 7.96. The molecule has 3 rings (SSSR count). The summed E-state index contributed by atoms with van der Waals surface area (Å²) in [6.45, 7) is 17.0. The predicted octanol–water partition coefficient (Wildman–Crippen LogP) is 6.98. The highest BCUT2D eigenvalue weighted by Gasteiger charge is 2.35. The highest BCUT2D eigenvalue weighted by atomic mass is 15.2. The maximum absolute atomic E-state index is 4.74. The molecule has 2 aromatic rings. The topological polar surface area (TPSA) is 15.6 Å². The number of aryl methyl sites for hydroxylation is 1. The minimum Gasteiger partial charge on any atom is -0.366 e. The molecule has 1 heterocycles. The van der Waals surface area contributed by atoms with Gasteiger partial charge in [-0.1, -0.05) is 32.9 Å². The summed E-state index contributed by atoms with van der Waals surface area (Å²) in [6.07, 6.45) is 3.22. The SMILES string of the molecule is CCN1c2cc(C)c(C=Nc3ccc(C(C)C)cc3)cc2C(C)CC1(C)C. The van der Waals surface area contributed by atoms with Gasteiger partial charge >= 0.3 is 0 Å². The highest BCUT2D eigenvalue weighted by molar-refractivity contribution is 5.86. The van der Waals surface area contributed by atoms with Crippen molar-refractivity contribution in [1.82, 2.24) is 0 Å². The first kappa shape index (κ1) is 19.7. The minimum atomic E-state index is 0.210. The number of nitrogens with zero attached hydrogens (tertiary/aromatic N) is 2. The van der Waals surface area contributed by atoms with Crippen LogP contribution in [-0.2, 0) is 0 Å². The molecule has 2 nitrogen and oxygen atoms in total. The molecule has 144 valence electrons. The molecule has 0 spiro atoms. The van der Waals surface area contributed by atoms with Gasteiger partial charge in [-0.2, -0.15) is 0 Å². The van der Waals surface area contributed by atoms with Crippen LogP contribution in [0.15, 0.2) is 41.4 Å². The van der Waals surface area contributed by atoms with E-state index >= 15 is 0 Å². The molecule has 1 aliphatic heterocycles. The molecule has 0 N–H and O–H groups in total. The van der Waals surface area contributed by atoms with E-state index in [0.29, 0.717) is 11.8 Å². The first-order valence-corrected chi connectivity index (χ1v) is 10.3. The average Bonchev–Trinajstić information content (AvgIpc) is 2.60. The molecule has 1 atom stereocenters. The fourth-order valence-corrected chi connectivity index (χ4v) is 4.48. The molecule has 0 radical (unpaired) electrons. The van der Waals surface area contributed by atoms with Crippen molar-refractivity contribution in [2.24, 2.45) is 4.99 Å². The van der Waals surface area contributed by atoms with Crippen LogP contribution in [0.2, 0.25) is 0 Å². The summed E-state index contributed by atoms with van der Waals surface area (Å²) in [6, 6.07) is 13.3. The van der Waals surface area contributed by atoms with Gasteiger partial charge in [0, 0.05) is 24.0 Å². The van der Waals surface area contributed by atoms with Crippen molar-refractivity contribution in [2.75, 3.05) is 11.4 Å². The molecule has 0 aliphatic carbocycles. The number of rotatable bonds is 4. The summed E-state index contributed by atoms with van der Waals surface area (Å²) < 4.78 is 0. The summed E-state index contributed by atoms with van der Waals surface area (Å²) in [5.74, 6) is 1.12. The maximum Gasteiger partial charge on any atom is 0.0630 e. The Morgan fingerprint density at radius 3 is 2.44 bits per heavy atom. The van der Waals surface area contributed by atoms with Crippen LogP contribution in [0.3, 0.4) is 0 Å². The van der Waals surface area contributed by atoms with Crippen LogP contribution in [0.4, 0.5) is 11.4 Å². The Kier molecular flexibility index (Phi) is 5.46. The van der Waals surface area contributed by atoms with E-state index in [9.17, 15) is 0 Å². The third kappa shape index (κ3) is 3.95. The molecule has 0 aromatic heterocycles. The normalized spacial score (nSPS) is 19.0. The van der Waals surface area contributed by atoms with E-state index in [2.05, 4.69) is 89.8 Å². The lowest BCUT2D eigenvalue weighted by Crippen LogP contribution is -2.48. The van der Waals surface area contributed by atoms with E-state index in [4.69, 9.17) is 4.99 Å². The van der Waals surface area contributed by atoms with Gasteiger partial charge in [-0.05, 0) is 92.5 Å². The third-order valence-corrected chi connectivity index (χ3v) is 6.00. The first-order valence-electron chi connectivity index (χ1n) is 10.3. The van der Waals surface area contributed by atoms with Crippen molar-refractivity contribution in [2.45, 2.75) is 72.3 Å². The second-order valence-corrected chi connectivity index (χ2v) is 8.93. The maximum atomic E-state index is 4.74. The van der Waals surface area contributed by atoms with Gasteiger partial charge in [-0.15, -0.1) is 0 Å². The zero-order valence-electron chi connectivity index (χ0n) is 18.0. The molecule has 1 unspecified atom stereocenters. The van der Waals surface area contributed by atoms with Gasteiger partial charge in [-0.25, -0.2) is 0 Å². The van der Waals surface area contributed by atoms with Crippen LogP contribution in [0.1, 0.15) is 82.1 Å². The standard InChI is InChI=1S/C25H34N2/c1-8-27-24-13-18(4)21(14-23(24)19(5)15-25(27,6)7)16-26-22-11-9-20(10-12-22)17(2)3/h9-14,16-17,19H,8,15H2,1-7H3. The largest absolute Gasteiger partial charge is 0.366 e. The first-order chi connectivity index (χ1) is 12.7. The van der Waals surface area contributed by atoms with Crippen LogP contribution in [-0.4, -0.2) is 18.3 Å². The zero-order valence-corrected chi connectivity index (χ0v) is 18.0. The van der Waals surface area contributed by atoms with Crippen molar-refractivity contribution < 1.29 is 0 Å². The molecule has 0 bridgehead atoms. The summed E-state index contributed by atoms with van der Waals surface area (Å²) in [5, 5.41) is 0. The lowest BCUT2D eigenvalue weighted by Gasteiger charge is -2.47. The molecule has 2 heteroatoms. The van der Waals surface area contributed by atoms with Crippen molar-refractivity contribution in [1.29, 1.82) is 0 Å². The van der Waals surface area contributed by atoms with Crippen LogP contribution >= 0.6 is 0 Å². The fraction of sp³-hybridized carbons (Fsp3) is 0.480. The van der Waals surface area contributed by atoms with E-state index in [1.807, 2.05) is 6.21 Å². The minimum absolute atomic E-state index is 0.210. The van der Waals surface area contributed by atoms with Crippen LogP contribution in [0.5, 0.6) is 0 Å². The average molecular weight is 363 g/mol. The Bertz CT molecular complexity index is 828. The zero-order chi connectivity index (χ0) is 19.8. The number of hydrogen-bond acceptors (Lipinski definition) is 2. The molecule has 0 amide bonds. The second-order valence-electron chi connectivity index (χ2n) is 8.93. The van der Waals surface area contributed by atoms with Gasteiger partial charge in [0.2, 0.25) is 0 Å². The van der Waals surface area contributed by atoms with Gasteiger partial charge in [0.25, 0.3) is 0 Å². The van der Waals surface area contributed by atoms with Gasteiger partial charge in [0.15, 0.2) is 0 Å². The Hall–Kier alpha value is -2.09. The quantitative estimate of drug-likeness (QED) is 0.536. The molecule has 0 saturated carbocycles. The van der Waals surface area contributed by atoms with Crippen molar-refractivity contribution in [3.63, 3.8) is 0 Å². The Balaban J connectivity index is 1.93. The van der Waals surface area contributed by atoms with Crippen LogP contribution in [0.25, 0.3) is 0 Å². The van der Waals surface area contributed by atoms with Gasteiger partial charge in [0.05, 0.1) is 5.69 Å². The van der Waals surface area contributed by atoms with Crippen LogP contribution < -0.4 is 4.90 Å². The molecular formula is C25H34N2. The smallest absolute Gasteiger partial charge is 0.0630 e. The van der Waals surface area contributed by atoms with E-state index < -0.39 is 0 Å². The number of hydrogen-bond donors (Lipinski definition) is 0. The van der Waals surface area contributed by atoms with Crippen molar-refractivity contribution >= 4 is 17.6 Å². The third-order valence-electron chi connectivity index (χ3n) is 6.00. The fourth-order valence-electron chi connectivity index (χ4n) is 4.48. The van der Waals surface area contributed by atoms with E-state index in [1.54, 1.807) is 0 Å². The van der Waals surface area contributed by atoms with E-state index in [-0.39, 0.29) is 5.54 Å². The summed E-state index contributed by atoms with van der Waals surface area (Å²) >= 11 is 0. The number of fused-ring (bicyclic) bond motifs is 1. The Morgan fingerprint density at radius 2 is 1.85 bits per heavy atom. The molecular weight excluding hydrogens is 328 g/mol. The van der Waals surface area contributed by atoms with Gasteiger partial charge in [0.1, 0.15) is 0 Å². The lowest BCUT2D eigenvalue weighted by atomic mass is 9.79. The number of aliphatic imine (C=N–C) groups is 1. The van der Waals surface area contributed by atoms with Crippen molar-refractivity contribution in [3.8, 4) is 0 Å². The van der Waals surface area contributed by atoms with Crippen LogP contribution in [0, 0.1) is 6.92 Å². The Morgan fingerprint density at radius 1 is 1.19 bits per heavy atom. The van der Waals surface area contributed by atoms with Gasteiger partial charge < -0.3 is 4.90 Å². The summed E-state index contributed by atoms with van der Waals surface area (Å²) in [7, 11) is 0. The highest BCUT2D eigenvalue weighted by Crippen LogP contribution is 2.44. The number of benzene rings is 2. The molecule has 0 saturated heterocycles. The molecule has 0 fully saturated rings. The van der Waals surface area contributed by atoms with Gasteiger partial charge in [-0.3, -0.25) is 4.99 Å². The molecule has 2 aromatic carbocycles. The van der Waals surface area contributed by atoms with E-state index in [0.717, 1.165) is 12.2 Å². The number of anilines is 1. The van der Waals surface area contributed by atoms with Crippen molar-refractivity contribution in [3.05, 3.63) is 58.7 Å².